The van der Waals surface area contributed by atoms with Gasteiger partial charge in [0.25, 0.3) is 0 Å². The predicted octanol–water partition coefficient (Wildman–Crippen LogP) is 2.73. The van der Waals surface area contributed by atoms with Crippen LogP contribution in [0.1, 0.15) is 6.04 Å². The molecular weight excluding hydrogens is 306 g/mol. The van der Waals surface area contributed by atoms with Crippen LogP contribution in [0.4, 0.5) is 0 Å². The van der Waals surface area contributed by atoms with Gasteiger partial charge in [0.15, 0.2) is 14.6 Å². The van der Waals surface area contributed by atoms with Crippen LogP contribution < -0.4 is 0 Å². The van der Waals surface area contributed by atoms with Gasteiger partial charge in [-0.1, -0.05) is 18.2 Å². The summed E-state index contributed by atoms with van der Waals surface area (Å²) in [5.41, 5.74) is 2.58. The molecule has 0 fully saturated rings. The van der Waals surface area contributed by atoms with Crippen molar-refractivity contribution < 1.29 is 8.42 Å². The zero-order valence-electron chi connectivity index (χ0n) is 10.9. The molecule has 21 heavy (non-hydrogen) atoms. The molecule has 0 spiro atoms. The maximum absolute atomic E-state index is 11.7. The maximum atomic E-state index is 11.7. The Balaban J connectivity index is 2.09. The minimum absolute atomic E-state index is 0.0465. The zero-order valence-corrected chi connectivity index (χ0v) is 12.5. The lowest BCUT2D eigenvalue weighted by molar-refractivity contribution is 0.594. The summed E-state index contributed by atoms with van der Waals surface area (Å²) in [4.78, 5) is 7.50. The fourth-order valence-electron chi connectivity index (χ4n) is 2.79. The number of allylic oxidation sites excluding steroid dienone is 1. The standard InChI is InChI=1S/C14H11N3O2S2/c18-21(19)6-5-9(8-21)17-13-10-3-1-2-4-11(10)15-7-12(13)16-14(17)20/h1-7,9H,8H2,(H,16,20). The van der Waals surface area contributed by atoms with Crippen molar-refractivity contribution in [2.75, 3.05) is 5.75 Å². The van der Waals surface area contributed by atoms with Gasteiger partial charge in [-0.3, -0.25) is 4.98 Å². The van der Waals surface area contributed by atoms with E-state index in [-0.39, 0.29) is 11.8 Å². The number of imidazole rings is 1. The molecule has 0 amide bonds. The number of hydrogen-bond donors (Lipinski definition) is 1. The van der Waals surface area contributed by atoms with Crippen LogP contribution in [0.15, 0.2) is 41.9 Å². The van der Waals surface area contributed by atoms with Crippen LogP contribution in [-0.4, -0.2) is 28.7 Å². The van der Waals surface area contributed by atoms with Gasteiger partial charge in [-0.05, 0) is 24.4 Å². The van der Waals surface area contributed by atoms with E-state index in [4.69, 9.17) is 12.2 Å². The normalized spacial score (nSPS) is 20.5. The fourth-order valence-corrected chi connectivity index (χ4v) is 4.40. The molecular formula is C14H11N3O2S2. The number of H-pyrrole nitrogens is 1. The summed E-state index contributed by atoms with van der Waals surface area (Å²) in [6.07, 6.45) is 3.42. The number of hydrogen-bond acceptors (Lipinski definition) is 4. The number of sulfone groups is 1. The van der Waals surface area contributed by atoms with E-state index in [2.05, 4.69) is 9.97 Å². The second-order valence-corrected chi connectivity index (χ2v) is 7.38. The van der Waals surface area contributed by atoms with Gasteiger partial charge in [-0.25, -0.2) is 8.42 Å². The lowest BCUT2D eigenvalue weighted by atomic mass is 10.2. The first-order valence-electron chi connectivity index (χ1n) is 6.44. The van der Waals surface area contributed by atoms with Gasteiger partial charge in [0.2, 0.25) is 0 Å². The minimum Gasteiger partial charge on any atom is -0.329 e. The molecule has 5 nitrogen and oxygen atoms in total. The molecule has 1 atom stereocenters. The van der Waals surface area contributed by atoms with Crippen LogP contribution in [0.5, 0.6) is 0 Å². The molecule has 3 heterocycles. The highest BCUT2D eigenvalue weighted by Gasteiger charge is 2.25. The highest BCUT2D eigenvalue weighted by atomic mass is 32.2. The molecule has 1 N–H and O–H groups in total. The first kappa shape index (κ1) is 12.7. The summed E-state index contributed by atoms with van der Waals surface area (Å²) in [5, 5.41) is 2.22. The van der Waals surface area contributed by atoms with Crippen molar-refractivity contribution >= 4 is 44.0 Å². The van der Waals surface area contributed by atoms with Crippen molar-refractivity contribution in [3.05, 3.63) is 46.7 Å². The topological polar surface area (TPSA) is 67.8 Å². The van der Waals surface area contributed by atoms with Crippen LogP contribution in [0, 0.1) is 4.77 Å². The van der Waals surface area contributed by atoms with Gasteiger partial charge in [-0.15, -0.1) is 0 Å². The van der Waals surface area contributed by atoms with Crippen molar-refractivity contribution in [2.24, 2.45) is 0 Å². The zero-order chi connectivity index (χ0) is 14.6. The van der Waals surface area contributed by atoms with E-state index in [1.165, 1.54) is 5.41 Å². The van der Waals surface area contributed by atoms with Gasteiger partial charge in [0.1, 0.15) is 0 Å². The number of fused-ring (bicyclic) bond motifs is 3. The molecule has 106 valence electrons. The van der Waals surface area contributed by atoms with Crippen LogP contribution in [0.25, 0.3) is 21.9 Å². The number of para-hydroxylation sites is 1. The van der Waals surface area contributed by atoms with E-state index in [0.717, 1.165) is 21.9 Å². The quantitative estimate of drug-likeness (QED) is 0.701. The van der Waals surface area contributed by atoms with Crippen molar-refractivity contribution in [2.45, 2.75) is 6.04 Å². The highest BCUT2D eigenvalue weighted by molar-refractivity contribution is 7.94. The Morgan fingerprint density at radius 2 is 2.14 bits per heavy atom. The van der Waals surface area contributed by atoms with E-state index < -0.39 is 9.84 Å². The average Bonchev–Trinajstić information content (AvgIpc) is 2.97. The molecule has 1 aromatic carbocycles. The highest BCUT2D eigenvalue weighted by Crippen LogP contribution is 2.29. The molecule has 0 aliphatic carbocycles. The number of benzene rings is 1. The lowest BCUT2D eigenvalue weighted by Crippen LogP contribution is -2.11. The van der Waals surface area contributed by atoms with E-state index in [1.807, 2.05) is 28.8 Å². The minimum atomic E-state index is -3.14. The summed E-state index contributed by atoms with van der Waals surface area (Å²) < 4.78 is 25.8. The molecule has 1 unspecified atom stereocenters. The SMILES string of the molecule is O=S1(=O)C=CC(n2c(=S)[nH]c3cnc4ccccc4c32)C1. The number of nitrogens with one attached hydrogen (secondary N) is 1. The van der Waals surface area contributed by atoms with Gasteiger partial charge < -0.3 is 9.55 Å². The Bertz CT molecular complexity index is 1060. The molecule has 4 rings (SSSR count). The van der Waals surface area contributed by atoms with Crippen molar-refractivity contribution in [1.82, 2.24) is 14.5 Å². The molecule has 2 aromatic heterocycles. The van der Waals surface area contributed by atoms with Gasteiger partial charge >= 0.3 is 0 Å². The molecule has 0 radical (unpaired) electrons. The smallest absolute Gasteiger partial charge is 0.178 e. The summed E-state index contributed by atoms with van der Waals surface area (Å²) in [7, 11) is -3.14. The van der Waals surface area contributed by atoms with Crippen molar-refractivity contribution in [3.8, 4) is 0 Å². The average molecular weight is 317 g/mol. The third kappa shape index (κ3) is 1.92. The van der Waals surface area contributed by atoms with Gasteiger partial charge in [0, 0.05) is 10.8 Å². The first-order valence-corrected chi connectivity index (χ1v) is 8.56. The Labute approximate surface area is 125 Å². The molecule has 7 heteroatoms. The number of nitrogens with zero attached hydrogens (tertiary/aromatic N) is 2. The number of pyridine rings is 1. The second-order valence-electron chi connectivity index (χ2n) is 5.06. The van der Waals surface area contributed by atoms with E-state index in [9.17, 15) is 8.42 Å². The Morgan fingerprint density at radius 1 is 1.33 bits per heavy atom. The Hall–Kier alpha value is -1.99. The third-order valence-electron chi connectivity index (χ3n) is 3.69. The van der Waals surface area contributed by atoms with Crippen LogP contribution >= 0.6 is 12.2 Å². The van der Waals surface area contributed by atoms with Crippen molar-refractivity contribution in [3.63, 3.8) is 0 Å². The molecule has 3 aromatic rings. The Kier molecular flexibility index (Phi) is 2.58. The molecule has 1 aliphatic rings. The third-order valence-corrected chi connectivity index (χ3v) is 5.37. The monoisotopic (exact) mass is 317 g/mol. The van der Waals surface area contributed by atoms with E-state index in [1.54, 1.807) is 12.3 Å². The number of rotatable bonds is 1. The molecule has 1 aliphatic heterocycles. The first-order chi connectivity index (χ1) is 10.1. The Morgan fingerprint density at radius 3 is 2.90 bits per heavy atom. The summed E-state index contributed by atoms with van der Waals surface area (Å²) >= 11 is 5.38. The number of aromatic nitrogens is 3. The van der Waals surface area contributed by atoms with E-state index in [0.29, 0.717) is 4.77 Å². The van der Waals surface area contributed by atoms with Gasteiger partial charge in [0.05, 0.1) is 34.5 Å². The van der Waals surface area contributed by atoms with Crippen LogP contribution in [-0.2, 0) is 9.84 Å². The van der Waals surface area contributed by atoms with Crippen molar-refractivity contribution in [1.29, 1.82) is 0 Å². The predicted molar refractivity (Wildman–Crippen MR) is 84.4 cm³/mol. The summed E-state index contributed by atoms with van der Waals surface area (Å²) in [6, 6.07) is 7.48. The molecule has 0 saturated carbocycles. The summed E-state index contributed by atoms with van der Waals surface area (Å²) in [5.74, 6) is 0.0465. The molecule has 0 bridgehead atoms. The van der Waals surface area contributed by atoms with Crippen LogP contribution in [0.2, 0.25) is 0 Å². The lowest BCUT2D eigenvalue weighted by Gasteiger charge is -2.11. The van der Waals surface area contributed by atoms with E-state index >= 15 is 0 Å². The van der Waals surface area contributed by atoms with Gasteiger partial charge in [-0.2, -0.15) is 0 Å². The summed E-state index contributed by atoms with van der Waals surface area (Å²) in [6.45, 7) is 0. The second kappa shape index (κ2) is 4.25. The van der Waals surface area contributed by atoms with Crippen LogP contribution in [0.3, 0.4) is 0 Å². The number of aromatic amines is 1. The fraction of sp³-hybridized carbons (Fsp3) is 0.143. The molecule has 0 saturated heterocycles. The largest absolute Gasteiger partial charge is 0.329 e. The maximum Gasteiger partial charge on any atom is 0.178 e.